The van der Waals surface area contributed by atoms with Gasteiger partial charge in [-0.15, -0.1) is 0 Å². The Kier molecular flexibility index (Phi) is 4.20. The molecule has 3 aromatic rings. The quantitative estimate of drug-likeness (QED) is 0.409. The average Bonchev–Trinajstić information content (AvgIpc) is 2.61. The molecule has 3 rings (SSSR count). The van der Waals surface area contributed by atoms with Crippen LogP contribution in [-0.4, -0.2) is 11.8 Å². The second kappa shape index (κ2) is 6.44. The van der Waals surface area contributed by atoms with Gasteiger partial charge in [0.15, 0.2) is 0 Å². The minimum atomic E-state index is -0.836. The number of ketones is 1. The van der Waals surface area contributed by atoms with Crippen LogP contribution in [-0.2, 0) is 9.53 Å². The fourth-order valence-corrected chi connectivity index (χ4v) is 2.59. The lowest BCUT2D eigenvalue weighted by atomic mass is 10.0. The highest BCUT2D eigenvalue weighted by Gasteiger charge is 2.21. The molecule has 0 aliphatic heterocycles. The summed E-state index contributed by atoms with van der Waals surface area (Å²) in [6, 6.07) is 22.1. The Morgan fingerprint density at radius 1 is 0.826 bits per heavy atom. The maximum absolute atomic E-state index is 12.1. The second-order valence-electron chi connectivity index (χ2n) is 5.31. The van der Waals surface area contributed by atoms with E-state index in [2.05, 4.69) is 0 Å². The molecular formula is C20H16O3. The predicted molar refractivity (Wildman–Crippen MR) is 89.2 cm³/mol. The van der Waals surface area contributed by atoms with Gasteiger partial charge < -0.3 is 4.74 Å². The Labute approximate surface area is 134 Å². The molecule has 0 unspecified atom stereocenters. The number of rotatable bonds is 4. The van der Waals surface area contributed by atoms with Gasteiger partial charge >= 0.3 is 5.97 Å². The number of hydrogen-bond acceptors (Lipinski definition) is 3. The normalized spacial score (nSPS) is 11.9. The summed E-state index contributed by atoms with van der Waals surface area (Å²) in [7, 11) is 0. The number of carbonyl (C=O) groups is 2. The van der Waals surface area contributed by atoms with Crippen molar-refractivity contribution in [3.8, 4) is 0 Å². The standard InChI is InChI=1S/C20H16O3/c1-14(17-13-7-11-15-8-5-6-12-18(15)17)23-20(22)19(21)16-9-3-2-4-10-16/h2-14H,1H3/t14-/m1/s1. The fourth-order valence-electron chi connectivity index (χ4n) is 2.59. The molecule has 1 atom stereocenters. The van der Waals surface area contributed by atoms with E-state index in [4.69, 9.17) is 4.74 Å². The van der Waals surface area contributed by atoms with E-state index in [1.807, 2.05) is 42.5 Å². The maximum atomic E-state index is 12.1. The highest BCUT2D eigenvalue weighted by Crippen LogP contribution is 2.26. The van der Waals surface area contributed by atoms with E-state index in [-0.39, 0.29) is 0 Å². The minimum Gasteiger partial charge on any atom is -0.452 e. The van der Waals surface area contributed by atoms with Gasteiger partial charge in [0.2, 0.25) is 0 Å². The molecule has 0 saturated heterocycles. The van der Waals surface area contributed by atoms with Gasteiger partial charge in [-0.3, -0.25) is 4.79 Å². The van der Waals surface area contributed by atoms with Crippen molar-refractivity contribution < 1.29 is 14.3 Å². The topological polar surface area (TPSA) is 43.4 Å². The van der Waals surface area contributed by atoms with Crippen molar-refractivity contribution in [3.05, 3.63) is 83.9 Å². The lowest BCUT2D eigenvalue weighted by Gasteiger charge is -2.15. The first kappa shape index (κ1) is 15.0. The molecule has 0 bridgehead atoms. The summed E-state index contributed by atoms with van der Waals surface area (Å²) in [5.74, 6) is -1.46. The summed E-state index contributed by atoms with van der Waals surface area (Å²) in [6.07, 6.45) is -0.499. The van der Waals surface area contributed by atoms with E-state index in [0.717, 1.165) is 16.3 Å². The molecule has 0 aliphatic rings. The lowest BCUT2D eigenvalue weighted by molar-refractivity contribution is -0.142. The first-order valence-electron chi connectivity index (χ1n) is 7.45. The molecule has 0 N–H and O–H groups in total. The summed E-state index contributed by atoms with van der Waals surface area (Å²) in [5, 5.41) is 2.09. The molecule has 0 amide bonds. The smallest absolute Gasteiger partial charge is 0.380 e. The van der Waals surface area contributed by atoms with Crippen molar-refractivity contribution in [2.45, 2.75) is 13.0 Å². The highest BCUT2D eigenvalue weighted by molar-refractivity contribution is 6.40. The Bertz CT molecular complexity index is 848. The van der Waals surface area contributed by atoms with Crippen molar-refractivity contribution in [1.82, 2.24) is 0 Å². The van der Waals surface area contributed by atoms with Crippen molar-refractivity contribution in [2.24, 2.45) is 0 Å². The van der Waals surface area contributed by atoms with Crippen LogP contribution in [0.2, 0.25) is 0 Å². The van der Waals surface area contributed by atoms with Crippen LogP contribution in [0.15, 0.2) is 72.8 Å². The number of Topliss-reactive ketones (excluding diaryl/α,β-unsaturated/α-hetero) is 1. The summed E-state index contributed by atoms with van der Waals surface area (Å²) in [4.78, 5) is 24.2. The third-order valence-corrected chi connectivity index (χ3v) is 3.77. The summed E-state index contributed by atoms with van der Waals surface area (Å²) < 4.78 is 5.37. The number of esters is 1. The van der Waals surface area contributed by atoms with Crippen molar-refractivity contribution >= 4 is 22.5 Å². The zero-order chi connectivity index (χ0) is 16.2. The Hall–Kier alpha value is -2.94. The van der Waals surface area contributed by atoms with Gasteiger partial charge in [-0.05, 0) is 23.3 Å². The van der Waals surface area contributed by atoms with Crippen LogP contribution in [0, 0.1) is 0 Å². The molecule has 3 heteroatoms. The van der Waals surface area contributed by atoms with E-state index in [1.54, 1.807) is 37.3 Å². The predicted octanol–water partition coefficient (Wildman–Crippen LogP) is 4.33. The lowest BCUT2D eigenvalue weighted by Crippen LogP contribution is -2.19. The van der Waals surface area contributed by atoms with Gasteiger partial charge in [-0.25, -0.2) is 4.79 Å². The number of hydrogen-bond donors (Lipinski definition) is 0. The number of benzene rings is 3. The molecule has 0 aliphatic carbocycles. The second-order valence-corrected chi connectivity index (χ2v) is 5.31. The van der Waals surface area contributed by atoms with Crippen LogP contribution < -0.4 is 0 Å². The molecule has 3 nitrogen and oxygen atoms in total. The molecule has 0 spiro atoms. The van der Waals surface area contributed by atoms with Crippen LogP contribution in [0.25, 0.3) is 10.8 Å². The fraction of sp³-hybridized carbons (Fsp3) is 0.100. The molecule has 3 aromatic carbocycles. The zero-order valence-electron chi connectivity index (χ0n) is 12.7. The molecule has 23 heavy (non-hydrogen) atoms. The number of fused-ring (bicyclic) bond motifs is 1. The summed E-state index contributed by atoms with van der Waals surface area (Å²) >= 11 is 0. The molecular weight excluding hydrogens is 288 g/mol. The van der Waals surface area contributed by atoms with Crippen molar-refractivity contribution in [1.29, 1.82) is 0 Å². The summed E-state index contributed by atoms with van der Waals surface area (Å²) in [6.45, 7) is 1.78. The van der Waals surface area contributed by atoms with E-state index in [9.17, 15) is 9.59 Å². The third-order valence-electron chi connectivity index (χ3n) is 3.77. The third kappa shape index (κ3) is 3.14. The molecule has 0 fully saturated rings. The highest BCUT2D eigenvalue weighted by atomic mass is 16.5. The maximum Gasteiger partial charge on any atom is 0.380 e. The van der Waals surface area contributed by atoms with Crippen LogP contribution in [0.4, 0.5) is 0 Å². The molecule has 0 aromatic heterocycles. The van der Waals surface area contributed by atoms with Crippen LogP contribution in [0.3, 0.4) is 0 Å². The van der Waals surface area contributed by atoms with Gasteiger partial charge in [-0.1, -0.05) is 72.8 Å². The first-order valence-corrected chi connectivity index (χ1v) is 7.45. The van der Waals surface area contributed by atoms with E-state index in [0.29, 0.717) is 5.56 Å². The molecule has 0 heterocycles. The Morgan fingerprint density at radius 2 is 1.48 bits per heavy atom. The number of carbonyl (C=O) groups excluding carboxylic acids is 2. The zero-order valence-corrected chi connectivity index (χ0v) is 12.7. The van der Waals surface area contributed by atoms with Crippen LogP contribution in [0.1, 0.15) is 28.9 Å². The van der Waals surface area contributed by atoms with E-state index in [1.165, 1.54) is 0 Å². The van der Waals surface area contributed by atoms with Gasteiger partial charge in [-0.2, -0.15) is 0 Å². The molecule has 0 saturated carbocycles. The Balaban J connectivity index is 1.82. The molecule has 114 valence electrons. The van der Waals surface area contributed by atoms with E-state index < -0.39 is 17.9 Å². The largest absolute Gasteiger partial charge is 0.452 e. The summed E-state index contributed by atoms with van der Waals surface area (Å²) in [5.41, 5.74) is 1.22. The van der Waals surface area contributed by atoms with Gasteiger partial charge in [0.05, 0.1) is 0 Å². The Morgan fingerprint density at radius 3 is 2.26 bits per heavy atom. The first-order chi connectivity index (χ1) is 11.2. The van der Waals surface area contributed by atoms with Crippen LogP contribution >= 0.6 is 0 Å². The molecule has 0 radical (unpaired) electrons. The van der Waals surface area contributed by atoms with Gasteiger partial charge in [0.25, 0.3) is 5.78 Å². The van der Waals surface area contributed by atoms with Crippen molar-refractivity contribution in [2.75, 3.05) is 0 Å². The van der Waals surface area contributed by atoms with Gasteiger partial charge in [0, 0.05) is 5.56 Å². The SMILES string of the molecule is C[C@@H](OC(=O)C(=O)c1ccccc1)c1cccc2ccccc12. The average molecular weight is 304 g/mol. The number of ether oxygens (including phenoxy) is 1. The van der Waals surface area contributed by atoms with Crippen LogP contribution in [0.5, 0.6) is 0 Å². The monoisotopic (exact) mass is 304 g/mol. The minimum absolute atomic E-state index is 0.336. The van der Waals surface area contributed by atoms with Crippen molar-refractivity contribution in [3.63, 3.8) is 0 Å². The van der Waals surface area contributed by atoms with E-state index >= 15 is 0 Å². The van der Waals surface area contributed by atoms with Gasteiger partial charge in [0.1, 0.15) is 6.10 Å².